The van der Waals surface area contributed by atoms with Gasteiger partial charge in [0.25, 0.3) is 11.6 Å². The highest BCUT2D eigenvalue weighted by Gasteiger charge is 2.12. The van der Waals surface area contributed by atoms with Crippen molar-refractivity contribution in [2.24, 2.45) is 0 Å². The Morgan fingerprint density at radius 2 is 1.90 bits per heavy atom. The summed E-state index contributed by atoms with van der Waals surface area (Å²) in [6.07, 6.45) is 4.49. The average Bonchev–Trinajstić information content (AvgIpc) is 2.69. The molecule has 0 aliphatic rings. The number of rotatable bonds is 9. The molecule has 0 fully saturated rings. The van der Waals surface area contributed by atoms with Crippen molar-refractivity contribution >= 4 is 50.5 Å². The molecule has 0 saturated heterocycles. The Bertz CT molecular complexity index is 875. The SMILES string of the molecule is CCCCCCOc1ccc(C(=O)NC(=S)Nc2ccc([N+](=O)[O-])cc2)cc1Br. The number of hydrogen-bond donors (Lipinski definition) is 2. The van der Waals surface area contributed by atoms with Gasteiger partial charge >= 0.3 is 0 Å². The fourth-order valence-electron chi connectivity index (χ4n) is 2.47. The Kier molecular flexibility index (Phi) is 9.01. The fourth-order valence-corrected chi connectivity index (χ4v) is 3.18. The van der Waals surface area contributed by atoms with E-state index in [2.05, 4.69) is 33.5 Å². The number of carbonyl (C=O) groups is 1. The third kappa shape index (κ3) is 7.43. The molecule has 0 aromatic heterocycles. The zero-order chi connectivity index (χ0) is 21.2. The second-order valence-electron chi connectivity index (χ2n) is 6.27. The lowest BCUT2D eigenvalue weighted by atomic mass is 10.2. The second kappa shape index (κ2) is 11.5. The number of ether oxygens (including phenoxy) is 1. The van der Waals surface area contributed by atoms with Crippen molar-refractivity contribution in [2.45, 2.75) is 32.6 Å². The highest BCUT2D eigenvalue weighted by molar-refractivity contribution is 9.10. The maximum atomic E-state index is 12.4. The molecular formula is C20H22BrN3O4S. The number of non-ortho nitro benzene ring substituents is 1. The van der Waals surface area contributed by atoms with Crippen LogP contribution in [-0.2, 0) is 0 Å². The van der Waals surface area contributed by atoms with Crippen LogP contribution in [0.3, 0.4) is 0 Å². The first-order valence-corrected chi connectivity index (χ1v) is 10.4. The minimum atomic E-state index is -0.486. The van der Waals surface area contributed by atoms with Crippen LogP contribution in [0.4, 0.5) is 11.4 Å². The van der Waals surface area contributed by atoms with E-state index in [1.54, 1.807) is 18.2 Å². The second-order valence-corrected chi connectivity index (χ2v) is 7.53. The Labute approximate surface area is 183 Å². The Morgan fingerprint density at radius 3 is 2.52 bits per heavy atom. The van der Waals surface area contributed by atoms with Gasteiger partial charge in [-0.3, -0.25) is 20.2 Å². The summed E-state index contributed by atoms with van der Waals surface area (Å²) in [4.78, 5) is 22.6. The summed E-state index contributed by atoms with van der Waals surface area (Å²) in [6, 6.07) is 10.8. The van der Waals surface area contributed by atoms with E-state index in [1.807, 2.05) is 0 Å². The van der Waals surface area contributed by atoms with Crippen LogP contribution in [0.15, 0.2) is 46.9 Å². The van der Waals surface area contributed by atoms with E-state index in [1.165, 1.54) is 37.1 Å². The molecule has 2 aromatic rings. The van der Waals surface area contributed by atoms with E-state index < -0.39 is 4.92 Å². The van der Waals surface area contributed by atoms with Crippen LogP contribution in [0.5, 0.6) is 5.75 Å². The van der Waals surface area contributed by atoms with Crippen molar-refractivity contribution in [3.8, 4) is 5.75 Å². The first kappa shape index (κ1) is 22.8. The van der Waals surface area contributed by atoms with Crippen molar-refractivity contribution < 1.29 is 14.5 Å². The number of carbonyl (C=O) groups excluding carboxylic acids is 1. The standard InChI is InChI=1S/C20H22BrN3O4S/c1-2-3-4-5-12-28-18-11-6-14(13-17(18)21)19(25)23-20(29)22-15-7-9-16(10-8-15)24(26)27/h6-11,13H,2-5,12H2,1H3,(H2,22,23,25,29). The number of thiocarbonyl (C=S) groups is 1. The van der Waals surface area contributed by atoms with E-state index in [-0.39, 0.29) is 16.7 Å². The predicted molar refractivity (Wildman–Crippen MR) is 121 cm³/mol. The van der Waals surface area contributed by atoms with Gasteiger partial charge in [0.1, 0.15) is 5.75 Å². The van der Waals surface area contributed by atoms with Gasteiger partial charge in [0, 0.05) is 23.4 Å². The molecule has 154 valence electrons. The fraction of sp³-hybridized carbons (Fsp3) is 0.300. The van der Waals surface area contributed by atoms with Crippen LogP contribution in [0.1, 0.15) is 43.0 Å². The van der Waals surface area contributed by atoms with E-state index in [4.69, 9.17) is 17.0 Å². The summed E-state index contributed by atoms with van der Waals surface area (Å²) in [6.45, 7) is 2.79. The molecule has 0 spiro atoms. The van der Waals surface area contributed by atoms with E-state index in [0.29, 0.717) is 28.1 Å². The molecule has 9 heteroatoms. The number of nitro benzene ring substituents is 1. The Morgan fingerprint density at radius 1 is 1.17 bits per heavy atom. The number of anilines is 1. The van der Waals surface area contributed by atoms with Crippen LogP contribution in [0, 0.1) is 10.1 Å². The van der Waals surface area contributed by atoms with Gasteiger partial charge in [0.05, 0.1) is 16.0 Å². The number of unbranched alkanes of at least 4 members (excludes halogenated alkanes) is 3. The van der Waals surface area contributed by atoms with Gasteiger partial charge in [-0.2, -0.15) is 0 Å². The molecule has 2 N–H and O–H groups in total. The molecule has 2 aromatic carbocycles. The summed E-state index contributed by atoms with van der Waals surface area (Å²) in [5.74, 6) is 0.309. The van der Waals surface area contributed by atoms with Crippen molar-refractivity contribution in [2.75, 3.05) is 11.9 Å². The van der Waals surface area contributed by atoms with Crippen LogP contribution in [0.25, 0.3) is 0 Å². The lowest BCUT2D eigenvalue weighted by Gasteiger charge is -2.11. The van der Waals surface area contributed by atoms with Gasteiger partial charge in [-0.25, -0.2) is 0 Å². The number of halogens is 1. The minimum absolute atomic E-state index is 0.0250. The first-order valence-electron chi connectivity index (χ1n) is 9.20. The molecule has 2 rings (SSSR count). The average molecular weight is 480 g/mol. The molecule has 1 amide bonds. The normalized spacial score (nSPS) is 10.3. The topological polar surface area (TPSA) is 93.5 Å². The summed E-state index contributed by atoms with van der Waals surface area (Å²) < 4.78 is 6.43. The zero-order valence-corrected chi connectivity index (χ0v) is 18.3. The van der Waals surface area contributed by atoms with E-state index in [0.717, 1.165) is 12.8 Å². The predicted octanol–water partition coefficient (Wildman–Crippen LogP) is 5.44. The highest BCUT2D eigenvalue weighted by atomic mass is 79.9. The highest BCUT2D eigenvalue weighted by Crippen LogP contribution is 2.26. The third-order valence-electron chi connectivity index (χ3n) is 4.01. The minimum Gasteiger partial charge on any atom is -0.492 e. The van der Waals surface area contributed by atoms with E-state index in [9.17, 15) is 14.9 Å². The van der Waals surface area contributed by atoms with Crippen LogP contribution < -0.4 is 15.4 Å². The summed E-state index contributed by atoms with van der Waals surface area (Å²) in [5, 5.41) is 16.2. The Hall–Kier alpha value is -2.52. The molecule has 0 bridgehead atoms. The maximum absolute atomic E-state index is 12.4. The van der Waals surface area contributed by atoms with Gasteiger partial charge in [0.2, 0.25) is 0 Å². The number of nitro groups is 1. The molecule has 0 aliphatic heterocycles. The molecule has 7 nitrogen and oxygen atoms in total. The summed E-state index contributed by atoms with van der Waals surface area (Å²) >= 11 is 8.56. The molecule has 0 radical (unpaired) electrons. The molecule has 0 aliphatic carbocycles. The molecule has 0 unspecified atom stereocenters. The van der Waals surface area contributed by atoms with E-state index >= 15 is 0 Å². The zero-order valence-electron chi connectivity index (χ0n) is 15.9. The van der Waals surface area contributed by atoms with Crippen LogP contribution >= 0.6 is 28.1 Å². The molecule has 0 saturated carbocycles. The molecule has 29 heavy (non-hydrogen) atoms. The number of benzene rings is 2. The summed E-state index contributed by atoms with van der Waals surface area (Å²) in [7, 11) is 0. The number of nitrogens with one attached hydrogen (secondary N) is 2. The largest absolute Gasteiger partial charge is 0.492 e. The number of nitrogens with zero attached hydrogens (tertiary/aromatic N) is 1. The van der Waals surface area contributed by atoms with Crippen molar-refractivity contribution in [3.63, 3.8) is 0 Å². The van der Waals surface area contributed by atoms with Gasteiger partial charge < -0.3 is 10.1 Å². The van der Waals surface area contributed by atoms with Crippen LogP contribution in [-0.4, -0.2) is 22.5 Å². The number of hydrogen-bond acceptors (Lipinski definition) is 5. The summed E-state index contributed by atoms with van der Waals surface area (Å²) in [5.41, 5.74) is 0.931. The van der Waals surface area contributed by atoms with Crippen molar-refractivity contribution in [3.05, 3.63) is 62.6 Å². The van der Waals surface area contributed by atoms with Gasteiger partial charge in [0.15, 0.2) is 5.11 Å². The van der Waals surface area contributed by atoms with Crippen molar-refractivity contribution in [1.82, 2.24) is 5.32 Å². The molecule has 0 atom stereocenters. The quantitative estimate of drug-likeness (QED) is 0.215. The van der Waals surface area contributed by atoms with Gasteiger partial charge in [-0.15, -0.1) is 0 Å². The smallest absolute Gasteiger partial charge is 0.269 e. The van der Waals surface area contributed by atoms with Gasteiger partial charge in [-0.05, 0) is 64.9 Å². The molecular weight excluding hydrogens is 458 g/mol. The van der Waals surface area contributed by atoms with Crippen molar-refractivity contribution in [1.29, 1.82) is 0 Å². The van der Waals surface area contributed by atoms with Crippen LogP contribution in [0.2, 0.25) is 0 Å². The first-order chi connectivity index (χ1) is 13.9. The monoisotopic (exact) mass is 479 g/mol. The maximum Gasteiger partial charge on any atom is 0.269 e. The lowest BCUT2D eigenvalue weighted by Crippen LogP contribution is -2.34. The molecule has 0 heterocycles. The number of amides is 1. The lowest BCUT2D eigenvalue weighted by molar-refractivity contribution is -0.384. The van der Waals surface area contributed by atoms with Gasteiger partial charge in [-0.1, -0.05) is 26.2 Å². The Balaban J connectivity index is 1.88. The third-order valence-corrected chi connectivity index (χ3v) is 4.84.